The van der Waals surface area contributed by atoms with E-state index in [-0.39, 0.29) is 6.03 Å². The molecule has 1 fully saturated rings. The largest absolute Gasteiger partial charge is 0.330 e. The summed E-state index contributed by atoms with van der Waals surface area (Å²) in [7, 11) is 0. The summed E-state index contributed by atoms with van der Waals surface area (Å²) < 4.78 is 0. The molecule has 0 unspecified atom stereocenters. The second kappa shape index (κ2) is 3.96. The second-order valence-electron chi connectivity index (χ2n) is 3.21. The van der Waals surface area contributed by atoms with E-state index in [1.807, 2.05) is 0 Å². The summed E-state index contributed by atoms with van der Waals surface area (Å²) >= 11 is 0. The molecule has 1 aliphatic rings. The minimum absolute atomic E-state index is 0.260. The van der Waals surface area contributed by atoms with Gasteiger partial charge < -0.3 is 4.90 Å². The molecular weight excluding hydrogens is 154 g/mol. The Kier molecular flexibility index (Phi) is 2.92. The van der Waals surface area contributed by atoms with Gasteiger partial charge in [0.15, 0.2) is 6.19 Å². The molecule has 1 rings (SSSR count). The van der Waals surface area contributed by atoms with Crippen LogP contribution in [0, 0.1) is 17.4 Å². The molecule has 12 heavy (non-hydrogen) atoms. The number of hydrogen-bond acceptors (Lipinski definition) is 2. The average molecular weight is 167 g/mol. The van der Waals surface area contributed by atoms with Crippen LogP contribution in [0.2, 0.25) is 0 Å². The molecule has 66 valence electrons. The summed E-state index contributed by atoms with van der Waals surface area (Å²) in [4.78, 5) is 12.8. The highest BCUT2D eigenvalue weighted by Gasteiger charge is 2.19. The zero-order valence-corrected chi connectivity index (χ0v) is 7.21. The number of nitriles is 1. The molecule has 0 bridgehead atoms. The number of amides is 2. The SMILES string of the molecule is CC1CCN(C(=O)NC#N)CC1. The predicted molar refractivity (Wildman–Crippen MR) is 44.1 cm³/mol. The van der Waals surface area contributed by atoms with Crippen molar-refractivity contribution in [2.75, 3.05) is 13.1 Å². The van der Waals surface area contributed by atoms with Crippen molar-refractivity contribution in [3.8, 4) is 6.19 Å². The monoisotopic (exact) mass is 167 g/mol. The van der Waals surface area contributed by atoms with Crippen molar-refractivity contribution < 1.29 is 4.79 Å². The molecule has 0 aromatic heterocycles. The molecule has 4 nitrogen and oxygen atoms in total. The molecular formula is C8H13N3O. The van der Waals surface area contributed by atoms with E-state index < -0.39 is 0 Å². The van der Waals surface area contributed by atoms with Gasteiger partial charge in [-0.05, 0) is 18.8 Å². The molecule has 1 N–H and O–H groups in total. The molecule has 4 heteroatoms. The van der Waals surface area contributed by atoms with Crippen LogP contribution in [0.1, 0.15) is 19.8 Å². The van der Waals surface area contributed by atoms with Crippen molar-refractivity contribution in [2.24, 2.45) is 5.92 Å². The lowest BCUT2D eigenvalue weighted by Crippen LogP contribution is -2.42. The van der Waals surface area contributed by atoms with Gasteiger partial charge in [-0.1, -0.05) is 6.92 Å². The molecule has 1 saturated heterocycles. The minimum atomic E-state index is -0.260. The molecule has 0 aromatic rings. The smallest absolute Gasteiger partial charge is 0.324 e. The van der Waals surface area contributed by atoms with Gasteiger partial charge in [0, 0.05) is 13.1 Å². The van der Waals surface area contributed by atoms with Crippen molar-refractivity contribution in [3.63, 3.8) is 0 Å². The second-order valence-corrected chi connectivity index (χ2v) is 3.21. The van der Waals surface area contributed by atoms with Gasteiger partial charge in [0.05, 0.1) is 0 Å². The third-order valence-corrected chi connectivity index (χ3v) is 2.23. The van der Waals surface area contributed by atoms with Gasteiger partial charge >= 0.3 is 6.03 Å². The molecule has 0 aromatic carbocycles. The number of nitrogens with one attached hydrogen (secondary N) is 1. The van der Waals surface area contributed by atoms with Crippen LogP contribution >= 0.6 is 0 Å². The first-order valence-electron chi connectivity index (χ1n) is 4.18. The van der Waals surface area contributed by atoms with Gasteiger partial charge in [0.25, 0.3) is 0 Å². The fourth-order valence-corrected chi connectivity index (χ4v) is 1.34. The topological polar surface area (TPSA) is 56.1 Å². The van der Waals surface area contributed by atoms with E-state index in [0.717, 1.165) is 25.9 Å². The van der Waals surface area contributed by atoms with E-state index in [1.54, 1.807) is 11.1 Å². The fourth-order valence-electron chi connectivity index (χ4n) is 1.34. The number of rotatable bonds is 0. The molecule has 1 aliphatic heterocycles. The van der Waals surface area contributed by atoms with Crippen LogP contribution in [0.15, 0.2) is 0 Å². The van der Waals surface area contributed by atoms with Gasteiger partial charge in [-0.25, -0.2) is 10.1 Å². The number of piperidine rings is 1. The molecule has 0 saturated carbocycles. The van der Waals surface area contributed by atoms with Crippen molar-refractivity contribution in [1.29, 1.82) is 5.26 Å². The van der Waals surface area contributed by atoms with Gasteiger partial charge in [0.1, 0.15) is 0 Å². The van der Waals surface area contributed by atoms with E-state index in [2.05, 4.69) is 12.2 Å². The fraction of sp³-hybridized carbons (Fsp3) is 0.750. The summed E-state index contributed by atoms with van der Waals surface area (Å²) in [6.45, 7) is 3.73. The van der Waals surface area contributed by atoms with Crippen molar-refractivity contribution >= 4 is 6.03 Å². The molecule has 0 radical (unpaired) electrons. The third-order valence-electron chi connectivity index (χ3n) is 2.23. The van der Waals surface area contributed by atoms with Crippen molar-refractivity contribution in [1.82, 2.24) is 10.2 Å². The third kappa shape index (κ3) is 2.12. The Morgan fingerprint density at radius 1 is 1.58 bits per heavy atom. The summed E-state index contributed by atoms with van der Waals surface area (Å²) in [5.74, 6) is 0.705. The van der Waals surface area contributed by atoms with Crippen molar-refractivity contribution in [3.05, 3.63) is 0 Å². The Labute approximate surface area is 72.2 Å². The lowest BCUT2D eigenvalue weighted by atomic mass is 10.00. The van der Waals surface area contributed by atoms with Gasteiger partial charge in [-0.2, -0.15) is 5.26 Å². The number of nitrogens with zero attached hydrogens (tertiary/aromatic N) is 2. The Hall–Kier alpha value is -1.24. The summed E-state index contributed by atoms with van der Waals surface area (Å²) in [6, 6.07) is -0.260. The number of likely N-dealkylation sites (tertiary alicyclic amines) is 1. The first kappa shape index (κ1) is 8.85. The molecule has 2 amide bonds. The van der Waals surface area contributed by atoms with E-state index in [0.29, 0.717) is 5.92 Å². The molecule has 1 heterocycles. The zero-order valence-electron chi connectivity index (χ0n) is 7.21. The molecule has 0 aliphatic carbocycles. The Balaban J connectivity index is 2.35. The Morgan fingerprint density at radius 3 is 2.67 bits per heavy atom. The first-order valence-corrected chi connectivity index (χ1v) is 4.18. The van der Waals surface area contributed by atoms with Crippen LogP contribution in [0.25, 0.3) is 0 Å². The lowest BCUT2D eigenvalue weighted by molar-refractivity contribution is 0.178. The highest BCUT2D eigenvalue weighted by atomic mass is 16.2. The van der Waals surface area contributed by atoms with E-state index >= 15 is 0 Å². The van der Waals surface area contributed by atoms with Crippen LogP contribution in [0.4, 0.5) is 4.79 Å². The predicted octanol–water partition coefficient (Wildman–Crippen LogP) is 0.909. The number of carbonyl (C=O) groups excluding carboxylic acids is 1. The highest BCUT2D eigenvalue weighted by molar-refractivity contribution is 5.75. The highest BCUT2D eigenvalue weighted by Crippen LogP contribution is 2.15. The van der Waals surface area contributed by atoms with Gasteiger partial charge in [-0.15, -0.1) is 0 Å². The van der Waals surface area contributed by atoms with Crippen LogP contribution in [0.3, 0.4) is 0 Å². The summed E-state index contributed by atoms with van der Waals surface area (Å²) in [6.07, 6.45) is 3.72. The maximum atomic E-state index is 11.1. The zero-order chi connectivity index (χ0) is 8.97. The number of carbonyl (C=O) groups is 1. The maximum absolute atomic E-state index is 11.1. The van der Waals surface area contributed by atoms with Crippen molar-refractivity contribution in [2.45, 2.75) is 19.8 Å². The first-order chi connectivity index (χ1) is 5.74. The van der Waals surface area contributed by atoms with E-state index in [1.165, 1.54) is 0 Å². The molecule has 0 atom stereocenters. The number of hydrogen-bond donors (Lipinski definition) is 1. The van der Waals surface area contributed by atoms with Crippen LogP contribution < -0.4 is 5.32 Å². The number of urea groups is 1. The van der Waals surface area contributed by atoms with Crippen LogP contribution in [-0.2, 0) is 0 Å². The van der Waals surface area contributed by atoms with E-state index in [9.17, 15) is 4.79 Å². The standard InChI is InChI=1S/C8H13N3O/c1-7-2-4-11(5-3-7)8(12)10-6-9/h7H,2-5H2,1H3,(H,10,12). The van der Waals surface area contributed by atoms with Crippen LogP contribution in [-0.4, -0.2) is 24.0 Å². The van der Waals surface area contributed by atoms with E-state index in [4.69, 9.17) is 5.26 Å². The van der Waals surface area contributed by atoms with Gasteiger partial charge in [0.2, 0.25) is 0 Å². The maximum Gasteiger partial charge on any atom is 0.330 e. The summed E-state index contributed by atoms with van der Waals surface area (Å²) in [5.41, 5.74) is 0. The minimum Gasteiger partial charge on any atom is -0.324 e. The lowest BCUT2D eigenvalue weighted by Gasteiger charge is -2.29. The summed E-state index contributed by atoms with van der Waals surface area (Å²) in [5, 5.41) is 10.3. The van der Waals surface area contributed by atoms with Crippen LogP contribution in [0.5, 0.6) is 0 Å². The Morgan fingerprint density at radius 2 is 2.17 bits per heavy atom. The Bertz CT molecular complexity index is 201. The quantitative estimate of drug-likeness (QED) is 0.430. The normalized spacial score (nSPS) is 18.5. The molecule has 0 spiro atoms. The van der Waals surface area contributed by atoms with Gasteiger partial charge in [-0.3, -0.25) is 0 Å². The average Bonchev–Trinajstić information content (AvgIpc) is 2.06.